The molecule has 0 spiro atoms. The monoisotopic (exact) mass is 286 g/mol. The standard InChI is InChI=1S/C16H27FO3/c17-7-8-18-9-10-19-11-12-20-13-16-14-5-3-1-2-4-6-15(14)16/h1-2,14-16H,3-13H2/b2-1+/t14-,15+,16?. The number of hydrogen-bond acceptors (Lipinski definition) is 3. The predicted molar refractivity (Wildman–Crippen MR) is 76.5 cm³/mol. The fourth-order valence-electron chi connectivity index (χ4n) is 3.15. The maximum absolute atomic E-state index is 11.7. The van der Waals surface area contributed by atoms with Crippen LogP contribution in [0.4, 0.5) is 4.39 Å². The second kappa shape index (κ2) is 9.48. The third-order valence-electron chi connectivity index (χ3n) is 4.28. The Morgan fingerprint density at radius 3 is 1.95 bits per heavy atom. The second-order valence-electron chi connectivity index (χ2n) is 5.61. The van der Waals surface area contributed by atoms with Crippen molar-refractivity contribution in [1.29, 1.82) is 0 Å². The van der Waals surface area contributed by atoms with E-state index >= 15 is 0 Å². The number of halogens is 1. The Labute approximate surface area is 121 Å². The van der Waals surface area contributed by atoms with Crippen LogP contribution in [0.1, 0.15) is 25.7 Å². The van der Waals surface area contributed by atoms with Gasteiger partial charge in [0.2, 0.25) is 0 Å². The molecule has 0 saturated heterocycles. The Hall–Kier alpha value is -0.450. The van der Waals surface area contributed by atoms with E-state index in [1.807, 2.05) is 0 Å². The molecule has 1 saturated carbocycles. The van der Waals surface area contributed by atoms with Crippen LogP contribution >= 0.6 is 0 Å². The van der Waals surface area contributed by atoms with Gasteiger partial charge in [-0.25, -0.2) is 4.39 Å². The van der Waals surface area contributed by atoms with E-state index in [9.17, 15) is 4.39 Å². The van der Waals surface area contributed by atoms with Gasteiger partial charge >= 0.3 is 0 Å². The van der Waals surface area contributed by atoms with Gasteiger partial charge in [-0.2, -0.15) is 0 Å². The summed E-state index contributed by atoms with van der Waals surface area (Å²) in [6, 6.07) is 0. The highest BCUT2D eigenvalue weighted by atomic mass is 19.1. The van der Waals surface area contributed by atoms with E-state index in [2.05, 4.69) is 12.2 Å². The molecule has 4 heteroatoms. The molecule has 2 aliphatic rings. The van der Waals surface area contributed by atoms with Crippen LogP contribution in [0.25, 0.3) is 0 Å². The van der Waals surface area contributed by atoms with Crippen molar-refractivity contribution in [3.05, 3.63) is 12.2 Å². The van der Waals surface area contributed by atoms with Crippen LogP contribution in [-0.4, -0.2) is 46.3 Å². The number of ether oxygens (including phenoxy) is 3. The molecule has 1 unspecified atom stereocenters. The molecule has 0 aliphatic heterocycles. The molecule has 2 rings (SSSR count). The maximum atomic E-state index is 11.7. The molecule has 0 amide bonds. The summed E-state index contributed by atoms with van der Waals surface area (Å²) in [5.41, 5.74) is 0. The van der Waals surface area contributed by atoms with Gasteiger partial charge in [0, 0.05) is 0 Å². The molecule has 0 bridgehead atoms. The quantitative estimate of drug-likeness (QED) is 0.456. The average molecular weight is 286 g/mol. The van der Waals surface area contributed by atoms with Crippen molar-refractivity contribution in [2.75, 3.05) is 46.3 Å². The molecule has 3 atom stereocenters. The average Bonchev–Trinajstić information content (AvgIpc) is 3.06. The first kappa shape index (κ1) is 15.9. The van der Waals surface area contributed by atoms with Gasteiger partial charge in [0.1, 0.15) is 6.67 Å². The summed E-state index contributed by atoms with van der Waals surface area (Å²) in [6.07, 6.45) is 9.78. The number of rotatable bonds is 10. The van der Waals surface area contributed by atoms with Gasteiger partial charge in [0.15, 0.2) is 0 Å². The smallest absolute Gasteiger partial charge is 0.113 e. The largest absolute Gasteiger partial charge is 0.379 e. The minimum atomic E-state index is -0.428. The third-order valence-corrected chi connectivity index (χ3v) is 4.28. The fraction of sp³-hybridized carbons (Fsp3) is 0.875. The highest BCUT2D eigenvalue weighted by Gasteiger charge is 2.48. The van der Waals surface area contributed by atoms with Crippen LogP contribution in [0.15, 0.2) is 12.2 Å². The molecule has 0 aromatic rings. The summed E-state index contributed by atoms with van der Waals surface area (Å²) in [5.74, 6) is 2.58. The first-order valence-electron chi connectivity index (χ1n) is 7.87. The lowest BCUT2D eigenvalue weighted by molar-refractivity contribution is 0.00929. The lowest BCUT2D eigenvalue weighted by Crippen LogP contribution is -2.11. The molecule has 0 N–H and O–H groups in total. The van der Waals surface area contributed by atoms with E-state index in [1.54, 1.807) is 0 Å². The molecule has 2 aliphatic carbocycles. The Kier molecular flexibility index (Phi) is 7.55. The van der Waals surface area contributed by atoms with E-state index < -0.39 is 6.67 Å². The summed E-state index contributed by atoms with van der Waals surface area (Å²) in [5, 5.41) is 0. The highest BCUT2D eigenvalue weighted by Crippen LogP contribution is 2.52. The number of alkyl halides is 1. The summed E-state index contributed by atoms with van der Waals surface area (Å²) in [7, 11) is 0. The molecule has 0 aromatic carbocycles. The molecule has 20 heavy (non-hydrogen) atoms. The van der Waals surface area contributed by atoms with Crippen molar-refractivity contribution in [3.8, 4) is 0 Å². The van der Waals surface area contributed by atoms with Gasteiger partial charge in [-0.1, -0.05) is 12.2 Å². The predicted octanol–water partition coefficient (Wildman–Crippen LogP) is 3.00. The molecule has 0 radical (unpaired) electrons. The van der Waals surface area contributed by atoms with E-state index in [4.69, 9.17) is 14.2 Å². The minimum Gasteiger partial charge on any atom is -0.379 e. The Morgan fingerprint density at radius 2 is 1.35 bits per heavy atom. The van der Waals surface area contributed by atoms with E-state index in [0.29, 0.717) is 26.4 Å². The molecule has 0 aromatic heterocycles. The molecule has 1 fully saturated rings. The van der Waals surface area contributed by atoms with Crippen molar-refractivity contribution in [2.45, 2.75) is 25.7 Å². The van der Waals surface area contributed by atoms with Crippen molar-refractivity contribution in [1.82, 2.24) is 0 Å². The van der Waals surface area contributed by atoms with E-state index in [0.717, 1.165) is 24.4 Å². The maximum Gasteiger partial charge on any atom is 0.113 e. The Bertz CT molecular complexity index is 267. The molecular formula is C16H27FO3. The van der Waals surface area contributed by atoms with Gasteiger partial charge in [0.25, 0.3) is 0 Å². The second-order valence-corrected chi connectivity index (χ2v) is 5.61. The number of hydrogen-bond donors (Lipinski definition) is 0. The van der Waals surface area contributed by atoms with Gasteiger partial charge in [-0.05, 0) is 43.4 Å². The van der Waals surface area contributed by atoms with Crippen LogP contribution in [0, 0.1) is 17.8 Å². The molecular weight excluding hydrogens is 259 g/mol. The lowest BCUT2D eigenvalue weighted by Gasteiger charge is -2.06. The summed E-state index contributed by atoms with van der Waals surface area (Å²) < 4.78 is 27.8. The summed E-state index contributed by atoms with van der Waals surface area (Å²) in [4.78, 5) is 0. The van der Waals surface area contributed by atoms with Crippen LogP contribution in [-0.2, 0) is 14.2 Å². The molecule has 3 nitrogen and oxygen atoms in total. The number of fused-ring (bicyclic) bond motifs is 1. The Morgan fingerprint density at radius 1 is 0.800 bits per heavy atom. The normalized spacial score (nSPS) is 30.4. The number of allylic oxidation sites excluding steroid dienone is 2. The Balaban J connectivity index is 1.41. The first-order valence-corrected chi connectivity index (χ1v) is 7.87. The zero-order valence-corrected chi connectivity index (χ0v) is 12.3. The molecule has 116 valence electrons. The van der Waals surface area contributed by atoms with Crippen LogP contribution in [0.3, 0.4) is 0 Å². The van der Waals surface area contributed by atoms with Crippen LogP contribution in [0.5, 0.6) is 0 Å². The SMILES string of the molecule is FCCOCCOCCOCC1[C@H]2CC/C=C/CC[C@@H]12. The topological polar surface area (TPSA) is 27.7 Å². The zero-order chi connectivity index (χ0) is 14.0. The van der Waals surface area contributed by atoms with Gasteiger partial charge < -0.3 is 14.2 Å². The van der Waals surface area contributed by atoms with E-state index in [1.165, 1.54) is 25.7 Å². The highest BCUT2D eigenvalue weighted by molar-refractivity contribution is 5.01. The van der Waals surface area contributed by atoms with Crippen molar-refractivity contribution >= 4 is 0 Å². The summed E-state index contributed by atoms with van der Waals surface area (Å²) in [6.45, 7) is 2.85. The fourth-order valence-corrected chi connectivity index (χ4v) is 3.15. The lowest BCUT2D eigenvalue weighted by atomic mass is 10.1. The first-order chi connectivity index (χ1) is 9.93. The minimum absolute atomic E-state index is 0.166. The van der Waals surface area contributed by atoms with Crippen molar-refractivity contribution < 1.29 is 18.6 Å². The summed E-state index contributed by atoms with van der Waals surface area (Å²) >= 11 is 0. The molecule has 0 heterocycles. The zero-order valence-electron chi connectivity index (χ0n) is 12.3. The van der Waals surface area contributed by atoms with Gasteiger partial charge in [0.05, 0.1) is 39.6 Å². The van der Waals surface area contributed by atoms with Gasteiger partial charge in [-0.3, -0.25) is 0 Å². The third kappa shape index (κ3) is 5.51. The van der Waals surface area contributed by atoms with Crippen molar-refractivity contribution in [3.63, 3.8) is 0 Å². The van der Waals surface area contributed by atoms with Crippen molar-refractivity contribution in [2.24, 2.45) is 17.8 Å². The van der Waals surface area contributed by atoms with Crippen LogP contribution in [0.2, 0.25) is 0 Å². The van der Waals surface area contributed by atoms with Gasteiger partial charge in [-0.15, -0.1) is 0 Å². The van der Waals surface area contributed by atoms with Crippen LogP contribution < -0.4 is 0 Å². The van der Waals surface area contributed by atoms with E-state index in [-0.39, 0.29) is 6.61 Å².